The van der Waals surface area contributed by atoms with Crippen LogP contribution in [-0.2, 0) is 33.9 Å². The molecule has 0 amide bonds. The summed E-state index contributed by atoms with van der Waals surface area (Å²) in [5, 5.41) is 13.4. The monoisotopic (exact) mass is 1170 g/mol. The number of para-hydroxylation sites is 3. The van der Waals surface area contributed by atoms with Crippen molar-refractivity contribution < 1.29 is 30.6 Å². The van der Waals surface area contributed by atoms with Crippen molar-refractivity contribution in [3.63, 3.8) is 0 Å². The number of aromatic nitrogens is 3. The van der Waals surface area contributed by atoms with Crippen molar-refractivity contribution in [2.45, 2.75) is 106 Å². The molecule has 5 nitrogen and oxygen atoms in total. The number of benzene rings is 8. The van der Waals surface area contributed by atoms with E-state index in [1.165, 1.54) is 33.4 Å². The quantitative estimate of drug-likeness (QED) is 0.139. The molecule has 76 heavy (non-hydrogen) atoms. The van der Waals surface area contributed by atoms with Crippen LogP contribution in [0.5, 0.6) is 5.75 Å². The molecule has 0 bridgehead atoms. The van der Waals surface area contributed by atoms with Crippen LogP contribution in [0.15, 0.2) is 156 Å². The van der Waals surface area contributed by atoms with Gasteiger partial charge in [0.05, 0.1) is 28.0 Å². The van der Waals surface area contributed by atoms with Gasteiger partial charge in [0.1, 0.15) is 17.0 Å². The number of rotatable bonds is 10. The molecule has 3 heterocycles. The Morgan fingerprint density at radius 2 is 1.11 bits per heavy atom. The van der Waals surface area contributed by atoms with Gasteiger partial charge in [-0.2, -0.15) is 0 Å². The van der Waals surface area contributed by atoms with Gasteiger partial charge in [0.25, 0.3) is 0 Å². The topological polar surface area (TPSA) is 64.1 Å². The molecule has 0 radical (unpaired) electrons. The van der Waals surface area contributed by atoms with Crippen molar-refractivity contribution >= 4 is 33.0 Å². The normalized spacial score (nSPS) is 12.4. The first kappa shape index (κ1) is 50.8. The van der Waals surface area contributed by atoms with E-state index in [2.05, 4.69) is 219 Å². The molecule has 0 aliphatic heterocycles. The van der Waals surface area contributed by atoms with E-state index >= 15 is 0 Å². The molecule has 0 saturated carbocycles. The molecule has 1 N–H and O–H groups in total. The van der Waals surface area contributed by atoms with Gasteiger partial charge < -0.3 is 9.52 Å². The summed E-state index contributed by atoms with van der Waals surface area (Å²) in [5.74, 6) is 2.36. The van der Waals surface area contributed by atoms with Gasteiger partial charge in [-0.15, -0.1) is 17.7 Å². The molecule has 6 heteroatoms. The summed E-state index contributed by atoms with van der Waals surface area (Å²) in [6.45, 7) is 22.7. The fourth-order valence-electron chi connectivity index (χ4n) is 11.6. The predicted octanol–water partition coefficient (Wildman–Crippen LogP) is 19.0. The Morgan fingerprint density at radius 1 is 0.539 bits per heavy atom. The average Bonchev–Trinajstić information content (AvgIpc) is 3.99. The van der Waals surface area contributed by atoms with E-state index in [4.69, 9.17) is 14.4 Å². The summed E-state index contributed by atoms with van der Waals surface area (Å²) in [6, 6.07) is 59.1. The van der Waals surface area contributed by atoms with E-state index in [1.54, 1.807) is 6.07 Å². The first-order valence-electron chi connectivity index (χ1n) is 26.9. The minimum atomic E-state index is 0. The van der Waals surface area contributed by atoms with Crippen LogP contribution in [0.4, 0.5) is 0 Å². The van der Waals surface area contributed by atoms with Gasteiger partial charge in [-0.3, -0.25) is 4.57 Å². The third-order valence-corrected chi connectivity index (χ3v) is 15.8. The summed E-state index contributed by atoms with van der Waals surface area (Å²) in [4.78, 5) is 11.1. The fraction of sp³-hybridized carbons (Fsp3) is 0.229. The number of nitrogens with zero attached hydrogens (tertiary/aromatic N) is 3. The summed E-state index contributed by atoms with van der Waals surface area (Å²) >= 11 is 0. The molecular weight excluding hydrogens is 1110 g/mol. The molecule has 382 valence electrons. The van der Waals surface area contributed by atoms with E-state index in [-0.39, 0.29) is 26.8 Å². The molecule has 0 saturated heterocycles. The summed E-state index contributed by atoms with van der Waals surface area (Å²) in [6.07, 6.45) is 1.71. The molecule has 12 rings (SSSR count). The van der Waals surface area contributed by atoms with Gasteiger partial charge in [0.2, 0.25) is 0 Å². The molecule has 0 fully saturated rings. The molecule has 0 atom stereocenters. The van der Waals surface area contributed by atoms with E-state index in [1.807, 2.05) is 6.07 Å². The summed E-state index contributed by atoms with van der Waals surface area (Å²) in [7, 11) is 0. The van der Waals surface area contributed by atoms with Crippen LogP contribution in [0, 0.1) is 19.9 Å². The molecule has 0 spiro atoms. The molecular formula is C70H64N3O2Pt-. The number of fused-ring (bicyclic) bond motifs is 7. The van der Waals surface area contributed by atoms with Crippen molar-refractivity contribution in [3.8, 4) is 78.7 Å². The first-order chi connectivity index (χ1) is 36.2. The van der Waals surface area contributed by atoms with Gasteiger partial charge in [0.15, 0.2) is 5.82 Å². The molecule has 0 unspecified atom stereocenters. The number of hydrogen-bond acceptors (Lipinski definition) is 4. The summed E-state index contributed by atoms with van der Waals surface area (Å²) < 4.78 is 9.41. The fourth-order valence-corrected chi connectivity index (χ4v) is 11.6. The minimum Gasteiger partial charge on any atom is -0.507 e. The molecule has 11 aromatic rings. The zero-order valence-corrected chi connectivity index (χ0v) is 47.4. The first-order valence-corrected chi connectivity index (χ1v) is 26.9. The largest absolute Gasteiger partial charge is 0.507 e. The zero-order chi connectivity index (χ0) is 52.0. The van der Waals surface area contributed by atoms with Crippen molar-refractivity contribution in [1.82, 2.24) is 14.5 Å². The Labute approximate surface area is 462 Å². The number of imidazole rings is 1. The molecule has 3 aromatic heterocycles. The Kier molecular flexibility index (Phi) is 13.4. The second kappa shape index (κ2) is 20.0. The van der Waals surface area contributed by atoms with E-state index < -0.39 is 0 Å². The second-order valence-corrected chi connectivity index (χ2v) is 22.2. The molecule has 1 aliphatic carbocycles. The van der Waals surface area contributed by atoms with Crippen LogP contribution in [0.2, 0.25) is 0 Å². The van der Waals surface area contributed by atoms with E-state index in [9.17, 15) is 5.11 Å². The number of hydrogen-bond donors (Lipinski definition) is 1. The average molecular weight is 1170 g/mol. The van der Waals surface area contributed by atoms with Gasteiger partial charge in [-0.1, -0.05) is 193 Å². The van der Waals surface area contributed by atoms with Crippen molar-refractivity contribution in [2.75, 3.05) is 0 Å². The number of pyridine rings is 1. The van der Waals surface area contributed by atoms with Crippen molar-refractivity contribution in [2.24, 2.45) is 0 Å². The Bertz CT molecular complexity index is 3920. The Morgan fingerprint density at radius 3 is 1.74 bits per heavy atom. The van der Waals surface area contributed by atoms with Crippen molar-refractivity contribution in [1.29, 1.82) is 0 Å². The molecule has 1 aliphatic rings. The van der Waals surface area contributed by atoms with Crippen LogP contribution in [0.25, 0.3) is 106 Å². The minimum absolute atomic E-state index is 0. The van der Waals surface area contributed by atoms with E-state index in [0.29, 0.717) is 23.7 Å². The van der Waals surface area contributed by atoms with Gasteiger partial charge >= 0.3 is 0 Å². The Hall–Kier alpha value is -7.33. The zero-order valence-electron chi connectivity index (χ0n) is 45.2. The smallest absolute Gasteiger partial charge is 0.163 e. The van der Waals surface area contributed by atoms with Crippen LogP contribution in [-0.4, -0.2) is 19.6 Å². The third kappa shape index (κ3) is 8.71. The third-order valence-electron chi connectivity index (χ3n) is 15.8. The standard InChI is InChI=1S/C70H64N3O2.Pt/c1-39(2)47-31-48(40(3)4)34-51(33-47)54-21-15-22-55(52-35-49(41(5)6)32-50(36-52)42(7)8)65(54)59-38-53(37-58-57-20-11-12-26-63(57)75-69(58)59)56-23-16-24-61-67(56)72-70(73(61)68-43(9)17-13-18-44(68)10)60-30-29-46-28-27-45-19-14-25-62(74)64(45)66(46)71-60;/h11-26,29-37,39-42,74H,27-28H2,1-10H3;/q-1;. The second-order valence-electron chi connectivity index (χ2n) is 22.2. The Balaban J connectivity index is 0.00000616. The predicted molar refractivity (Wildman–Crippen MR) is 312 cm³/mol. The maximum Gasteiger partial charge on any atom is 0.163 e. The van der Waals surface area contributed by atoms with Crippen LogP contribution >= 0.6 is 0 Å². The van der Waals surface area contributed by atoms with Crippen molar-refractivity contribution in [3.05, 3.63) is 202 Å². The number of phenolic OH excluding ortho intramolecular Hbond substituents is 1. The number of aromatic hydroxyl groups is 1. The number of phenols is 1. The molecule has 8 aromatic carbocycles. The maximum absolute atomic E-state index is 11.3. The van der Waals surface area contributed by atoms with E-state index in [0.717, 1.165) is 130 Å². The number of furan rings is 1. The van der Waals surface area contributed by atoms with Crippen LogP contribution < -0.4 is 0 Å². The van der Waals surface area contributed by atoms with Gasteiger partial charge in [-0.05, 0) is 147 Å². The van der Waals surface area contributed by atoms with Crippen LogP contribution in [0.1, 0.15) is 124 Å². The van der Waals surface area contributed by atoms with Gasteiger partial charge in [-0.25, -0.2) is 9.97 Å². The van der Waals surface area contributed by atoms with Gasteiger partial charge in [0, 0.05) is 32.0 Å². The SMILES string of the molecule is Cc1cccc(C)c1-n1c(-c2ccc3c(n2)-c2c(O)cccc2CC3)nc2c(-c3[c-]c(-c4c(-c5cc(C(C)C)cc(C(C)C)c5)cccc4-c4cc(C(C)C)cc(C(C)C)c4)c4oc5ccccc5c4c3)cccc21.[Pt]. The van der Waals surface area contributed by atoms with Crippen LogP contribution in [0.3, 0.4) is 0 Å². The summed E-state index contributed by atoms with van der Waals surface area (Å²) in [5.41, 5.74) is 25.2. The maximum atomic E-state index is 11.3. The number of aryl methyl sites for hydroxylation is 4.